The van der Waals surface area contributed by atoms with Crippen molar-refractivity contribution < 1.29 is 9.90 Å². The van der Waals surface area contributed by atoms with Gasteiger partial charge in [0.2, 0.25) is 5.13 Å². The molecule has 1 unspecified atom stereocenters. The molecule has 2 N–H and O–H groups in total. The maximum atomic E-state index is 10.7. The van der Waals surface area contributed by atoms with Crippen LogP contribution in [0.1, 0.15) is 24.3 Å². The summed E-state index contributed by atoms with van der Waals surface area (Å²) in [6, 6.07) is 0.00912. The molecule has 15 heavy (non-hydrogen) atoms. The van der Waals surface area contributed by atoms with Gasteiger partial charge in [-0.05, 0) is 25.7 Å². The lowest BCUT2D eigenvalue weighted by Crippen LogP contribution is -2.25. The van der Waals surface area contributed by atoms with E-state index in [9.17, 15) is 4.79 Å². The van der Waals surface area contributed by atoms with Gasteiger partial charge in [0.05, 0.1) is 6.42 Å². The van der Waals surface area contributed by atoms with Crippen LogP contribution in [0.2, 0.25) is 0 Å². The zero-order chi connectivity index (χ0) is 10.8. The van der Waals surface area contributed by atoms with Crippen molar-refractivity contribution in [3.63, 3.8) is 0 Å². The van der Waals surface area contributed by atoms with E-state index >= 15 is 0 Å². The molecule has 2 rings (SSSR count). The van der Waals surface area contributed by atoms with Crippen LogP contribution >= 0.6 is 11.3 Å². The molecule has 1 fully saturated rings. The summed E-state index contributed by atoms with van der Waals surface area (Å²) in [5, 5.41) is 21.4. The summed E-state index contributed by atoms with van der Waals surface area (Å²) in [6.07, 6.45) is 2.38. The summed E-state index contributed by atoms with van der Waals surface area (Å²) >= 11 is 1.46. The lowest BCUT2D eigenvalue weighted by Gasteiger charge is -2.14. The van der Waals surface area contributed by atoms with Crippen LogP contribution in [-0.4, -0.2) is 27.3 Å². The van der Waals surface area contributed by atoms with Gasteiger partial charge in [-0.15, -0.1) is 10.2 Å². The Hall–Kier alpha value is -1.17. The maximum absolute atomic E-state index is 10.7. The normalized spacial score (nSPS) is 17.4. The molecular formula is C9H13N3O2S. The minimum Gasteiger partial charge on any atom is -0.481 e. The highest BCUT2D eigenvalue weighted by atomic mass is 32.1. The fourth-order valence-electron chi connectivity index (χ4n) is 1.54. The Balaban J connectivity index is 1.96. The number of aromatic nitrogens is 2. The Bertz CT molecular complexity index is 362. The van der Waals surface area contributed by atoms with Crippen molar-refractivity contribution >= 4 is 22.4 Å². The molecule has 1 aliphatic rings. The van der Waals surface area contributed by atoms with Crippen LogP contribution in [0.3, 0.4) is 0 Å². The second-order valence-corrected chi connectivity index (χ2v) is 4.99. The van der Waals surface area contributed by atoms with Crippen LogP contribution in [0.4, 0.5) is 5.13 Å². The first-order chi connectivity index (χ1) is 7.15. The van der Waals surface area contributed by atoms with Crippen LogP contribution in [0.15, 0.2) is 0 Å². The van der Waals surface area contributed by atoms with Crippen molar-refractivity contribution in [3.05, 3.63) is 5.01 Å². The smallest absolute Gasteiger partial charge is 0.305 e. The molecule has 0 bridgehead atoms. The first kappa shape index (κ1) is 10.4. The monoisotopic (exact) mass is 227 g/mol. The zero-order valence-corrected chi connectivity index (χ0v) is 9.25. The molecule has 0 amide bonds. The van der Waals surface area contributed by atoms with Crippen molar-refractivity contribution in [1.82, 2.24) is 10.2 Å². The Morgan fingerprint density at radius 2 is 2.40 bits per heavy atom. The molecule has 0 saturated heterocycles. The number of carboxylic acids is 1. The van der Waals surface area contributed by atoms with E-state index in [2.05, 4.69) is 15.5 Å². The van der Waals surface area contributed by atoms with E-state index in [-0.39, 0.29) is 12.5 Å². The van der Waals surface area contributed by atoms with Crippen LogP contribution in [0.25, 0.3) is 0 Å². The molecule has 1 atom stereocenters. The van der Waals surface area contributed by atoms with E-state index in [1.807, 2.05) is 6.92 Å². The predicted molar refractivity (Wildman–Crippen MR) is 57.0 cm³/mol. The lowest BCUT2D eigenvalue weighted by molar-refractivity contribution is -0.137. The summed E-state index contributed by atoms with van der Waals surface area (Å²) in [7, 11) is 0. The molecule has 82 valence electrons. The molecule has 0 aromatic carbocycles. The lowest BCUT2D eigenvalue weighted by atomic mass is 10.1. The topological polar surface area (TPSA) is 75.1 Å². The average molecular weight is 227 g/mol. The van der Waals surface area contributed by atoms with Crippen molar-refractivity contribution in [3.8, 4) is 0 Å². The van der Waals surface area contributed by atoms with Crippen LogP contribution in [0.5, 0.6) is 0 Å². The zero-order valence-electron chi connectivity index (χ0n) is 8.43. The Morgan fingerprint density at radius 3 is 2.87 bits per heavy atom. The van der Waals surface area contributed by atoms with E-state index in [0.29, 0.717) is 5.92 Å². The fourth-order valence-corrected chi connectivity index (χ4v) is 2.19. The average Bonchev–Trinajstić information content (AvgIpc) is 2.90. The quantitative estimate of drug-likeness (QED) is 0.797. The van der Waals surface area contributed by atoms with Gasteiger partial charge in [-0.3, -0.25) is 4.79 Å². The number of anilines is 1. The first-order valence-corrected chi connectivity index (χ1v) is 5.75. The summed E-state index contributed by atoms with van der Waals surface area (Å²) in [6.45, 7) is 1.88. The van der Waals surface area contributed by atoms with E-state index in [4.69, 9.17) is 5.11 Å². The number of rotatable bonds is 5. The molecule has 5 nitrogen and oxygen atoms in total. The third-order valence-corrected chi connectivity index (χ3v) is 3.19. The number of aryl methyl sites for hydroxylation is 1. The summed E-state index contributed by atoms with van der Waals surface area (Å²) in [5.74, 6) is -0.272. The highest BCUT2D eigenvalue weighted by Crippen LogP contribution is 2.36. The molecule has 1 heterocycles. The number of hydrogen-bond acceptors (Lipinski definition) is 5. The minimum atomic E-state index is -0.763. The number of carbonyl (C=O) groups is 1. The largest absolute Gasteiger partial charge is 0.481 e. The van der Waals surface area contributed by atoms with Crippen molar-refractivity contribution in [2.24, 2.45) is 5.92 Å². The second-order valence-electron chi connectivity index (χ2n) is 3.81. The van der Waals surface area contributed by atoms with E-state index in [0.717, 1.165) is 23.0 Å². The molecule has 1 saturated carbocycles. The van der Waals surface area contributed by atoms with Crippen molar-refractivity contribution in [2.45, 2.75) is 32.2 Å². The second kappa shape index (κ2) is 4.14. The number of nitrogens with one attached hydrogen (secondary N) is 1. The van der Waals surface area contributed by atoms with E-state index in [1.165, 1.54) is 11.3 Å². The van der Waals surface area contributed by atoms with Gasteiger partial charge in [-0.25, -0.2) is 0 Å². The minimum absolute atomic E-state index is 0.00912. The molecule has 1 aromatic heterocycles. The van der Waals surface area contributed by atoms with Gasteiger partial charge in [-0.1, -0.05) is 11.3 Å². The Labute approximate surface area is 91.5 Å². The van der Waals surface area contributed by atoms with Gasteiger partial charge < -0.3 is 10.4 Å². The number of aliphatic carboxylic acids is 1. The summed E-state index contributed by atoms with van der Waals surface area (Å²) in [5.41, 5.74) is 0. The summed E-state index contributed by atoms with van der Waals surface area (Å²) < 4.78 is 0. The molecule has 6 heteroatoms. The van der Waals surface area contributed by atoms with Crippen molar-refractivity contribution in [1.29, 1.82) is 0 Å². The SMILES string of the molecule is Cc1nnc(NC(CC(=O)O)C2CC2)s1. The third-order valence-electron chi connectivity index (χ3n) is 2.42. The molecule has 1 aromatic rings. The van der Waals surface area contributed by atoms with Crippen LogP contribution < -0.4 is 5.32 Å². The van der Waals surface area contributed by atoms with Gasteiger partial charge in [0, 0.05) is 6.04 Å². The predicted octanol–water partition coefficient (Wildman–Crippen LogP) is 1.51. The van der Waals surface area contributed by atoms with Gasteiger partial charge in [0.15, 0.2) is 0 Å². The first-order valence-electron chi connectivity index (χ1n) is 4.93. The Kier molecular flexibility index (Phi) is 2.86. The fraction of sp³-hybridized carbons (Fsp3) is 0.667. The standard InChI is InChI=1S/C9H13N3O2S/c1-5-11-12-9(15-5)10-7(4-8(13)14)6-2-3-6/h6-7H,2-4H2,1H3,(H,10,12)(H,13,14). The van der Waals surface area contributed by atoms with E-state index in [1.54, 1.807) is 0 Å². The number of nitrogens with zero attached hydrogens (tertiary/aromatic N) is 2. The van der Waals surface area contributed by atoms with Gasteiger partial charge in [-0.2, -0.15) is 0 Å². The molecule has 0 radical (unpaired) electrons. The molecule has 1 aliphatic carbocycles. The number of hydrogen-bond donors (Lipinski definition) is 2. The van der Waals surface area contributed by atoms with Gasteiger partial charge >= 0.3 is 5.97 Å². The molecule has 0 aliphatic heterocycles. The third kappa shape index (κ3) is 2.89. The molecular weight excluding hydrogens is 214 g/mol. The molecule has 0 spiro atoms. The van der Waals surface area contributed by atoms with Gasteiger partial charge in [0.1, 0.15) is 5.01 Å². The van der Waals surface area contributed by atoms with Crippen LogP contribution in [-0.2, 0) is 4.79 Å². The number of carboxylic acid groups (broad SMARTS) is 1. The van der Waals surface area contributed by atoms with E-state index < -0.39 is 5.97 Å². The maximum Gasteiger partial charge on any atom is 0.305 e. The summed E-state index contributed by atoms with van der Waals surface area (Å²) in [4.78, 5) is 10.7. The highest BCUT2D eigenvalue weighted by molar-refractivity contribution is 7.15. The van der Waals surface area contributed by atoms with Crippen molar-refractivity contribution in [2.75, 3.05) is 5.32 Å². The van der Waals surface area contributed by atoms with Crippen LogP contribution in [0, 0.1) is 12.8 Å². The highest BCUT2D eigenvalue weighted by Gasteiger charge is 2.33. The van der Waals surface area contributed by atoms with Gasteiger partial charge in [0.25, 0.3) is 0 Å². The Morgan fingerprint density at radius 1 is 1.67 bits per heavy atom.